The molecule has 1 amide bonds. The van der Waals surface area contributed by atoms with Crippen LogP contribution in [0.4, 0.5) is 0 Å². The highest BCUT2D eigenvalue weighted by molar-refractivity contribution is 5.82. The van der Waals surface area contributed by atoms with E-state index < -0.39 is 152 Å². The second kappa shape index (κ2) is 35.3. The van der Waals surface area contributed by atoms with Crippen molar-refractivity contribution in [3.05, 3.63) is 120 Å². The van der Waals surface area contributed by atoms with Crippen LogP contribution in [0.2, 0.25) is 0 Å². The molecule has 5 rings (SSSR count). The number of hydrogen-bond acceptors (Lipinski definition) is 20. The average molecular weight is 1230 g/mol. The molecule has 0 radical (unpaired) electrons. The highest BCUT2D eigenvalue weighted by atomic mass is 16.7. The van der Waals surface area contributed by atoms with Crippen molar-refractivity contribution >= 4 is 23.6 Å². The summed E-state index contributed by atoms with van der Waals surface area (Å²) in [4.78, 5) is 52.7. The maximum Gasteiger partial charge on any atom is 0.328 e. The number of esters is 1. The van der Waals surface area contributed by atoms with Crippen LogP contribution in [0.3, 0.4) is 0 Å². The predicted octanol–water partition coefficient (Wildman–Crippen LogP) is 5.69. The molecule has 1 aromatic rings. The van der Waals surface area contributed by atoms with Crippen LogP contribution in [0.15, 0.2) is 115 Å². The van der Waals surface area contributed by atoms with Crippen molar-refractivity contribution < 1.29 is 102 Å². The number of benzene rings is 1. The zero-order valence-corrected chi connectivity index (χ0v) is 52.3. The second-order valence-electron chi connectivity index (χ2n) is 23.1. The highest BCUT2D eigenvalue weighted by Crippen LogP contribution is 2.46. The zero-order valence-electron chi connectivity index (χ0n) is 52.3. The Morgan fingerprint density at radius 2 is 1.38 bits per heavy atom. The Labute approximate surface area is 512 Å². The van der Waals surface area contributed by atoms with E-state index in [-0.39, 0.29) is 44.4 Å². The molecule has 0 bridgehead atoms. The van der Waals surface area contributed by atoms with E-state index in [0.717, 1.165) is 6.08 Å². The number of aliphatic hydroxyl groups excluding tert-OH is 3. The van der Waals surface area contributed by atoms with Crippen molar-refractivity contribution in [2.24, 2.45) is 17.3 Å². The third-order valence-corrected chi connectivity index (χ3v) is 16.3. The Morgan fingerprint density at radius 1 is 0.782 bits per heavy atom. The summed E-state index contributed by atoms with van der Waals surface area (Å²) >= 11 is 0. The average Bonchev–Trinajstić information content (AvgIpc) is 1.29. The van der Waals surface area contributed by atoms with Gasteiger partial charge in [0.25, 0.3) is 0 Å². The number of carboxylic acid groups (broad SMARTS) is 1. The number of nitrogens with one attached hydrogen (secondary N) is 1. The molecule has 0 spiro atoms. The van der Waals surface area contributed by atoms with Crippen LogP contribution in [0, 0.1) is 17.3 Å². The molecule has 0 aromatic heterocycles. The molecule has 4 unspecified atom stereocenters. The highest BCUT2D eigenvalue weighted by Gasteiger charge is 2.63. The monoisotopic (exact) mass is 1230 g/mol. The van der Waals surface area contributed by atoms with Gasteiger partial charge in [0.05, 0.1) is 68.0 Å². The van der Waals surface area contributed by atoms with E-state index in [2.05, 4.69) is 5.32 Å². The molecule has 22 nitrogen and oxygen atoms in total. The molecule has 87 heavy (non-hydrogen) atoms. The van der Waals surface area contributed by atoms with Crippen LogP contribution in [-0.2, 0) is 82.4 Å². The number of rotatable bonds is 31. The number of Topliss-reactive ketones (excluding diaryl/α,β-unsaturated/α-hetero) is 1. The van der Waals surface area contributed by atoms with Gasteiger partial charge in [0.15, 0.2) is 25.0 Å². The van der Waals surface area contributed by atoms with Gasteiger partial charge < -0.3 is 87.7 Å². The quantitative estimate of drug-likeness (QED) is 0.0295. The van der Waals surface area contributed by atoms with Crippen LogP contribution in [0.25, 0.3) is 0 Å². The Kier molecular flexibility index (Phi) is 29.5. The topological polar surface area (TPSA) is 292 Å². The first kappa shape index (κ1) is 72.6. The standard InChI is InChI=1S/C65H95NO21/c1-13-14-19-30-51-64(7,8)61(73)62(84-53(71)33-44-27-20-18-21-28-44)65(75,87-51)46(63(74)66-32-25-24-26-39(2)58(79-12)40(3)47(68)34-45(67)29-22-16-15-17-23-31-52(69)70)38-80-54-36-49(77-10)59(42(5)82-54)86-56-37-50(78-11)60(43(6)83-56)85-55-35-48(76-9)57(72)41(4)81-55/h13-28,30-31,40-43,45-46,48-51,54-62,67,72-73,75H,29,32-38H2,1-12H3,(H,66,74)(H,69,70)/b14-13-,17-15+,22-16+,25-24+,30-19+,31-23+,39-26+/t40?,41-,42-,43-,45?,46?,48-,49-,50+,51-,54+,55-,56+,57+,58?,59+,60-,61-,62+,65+/m0/s1. The summed E-state index contributed by atoms with van der Waals surface area (Å²) in [5.41, 5.74) is 0.0847. The molecule has 0 saturated carbocycles. The Morgan fingerprint density at radius 3 is 1.99 bits per heavy atom. The van der Waals surface area contributed by atoms with Crippen LogP contribution in [-0.4, -0.2) is 201 Å². The molecule has 1 aromatic carbocycles. The number of hydrogen-bond donors (Lipinski definition) is 6. The van der Waals surface area contributed by atoms with Gasteiger partial charge in [-0.05, 0) is 52.2 Å². The zero-order chi connectivity index (χ0) is 64.0. The first-order valence-corrected chi connectivity index (χ1v) is 29.8. The van der Waals surface area contributed by atoms with E-state index in [1.54, 1.807) is 140 Å². The number of carbonyl (C=O) groups is 4. The van der Waals surface area contributed by atoms with E-state index >= 15 is 0 Å². The van der Waals surface area contributed by atoms with Crippen LogP contribution < -0.4 is 5.32 Å². The van der Waals surface area contributed by atoms with Crippen LogP contribution in [0.5, 0.6) is 0 Å². The van der Waals surface area contributed by atoms with E-state index in [1.165, 1.54) is 33.5 Å². The maximum absolute atomic E-state index is 14.9. The minimum Gasteiger partial charge on any atom is -0.478 e. The molecular formula is C65H95NO21. The lowest BCUT2D eigenvalue weighted by Crippen LogP contribution is -2.71. The number of ketones is 1. The van der Waals surface area contributed by atoms with Gasteiger partial charge in [-0.2, -0.15) is 0 Å². The van der Waals surface area contributed by atoms with Crippen LogP contribution >= 0.6 is 0 Å². The van der Waals surface area contributed by atoms with E-state index in [4.69, 9.17) is 61.9 Å². The molecule has 6 N–H and O–H groups in total. The van der Waals surface area contributed by atoms with Crippen LogP contribution in [0.1, 0.15) is 93.1 Å². The van der Waals surface area contributed by atoms with Gasteiger partial charge in [0, 0.05) is 78.1 Å². The van der Waals surface area contributed by atoms with E-state index in [1.807, 2.05) is 13.8 Å². The summed E-state index contributed by atoms with van der Waals surface area (Å²) in [5.74, 6) is -7.97. The summed E-state index contributed by atoms with van der Waals surface area (Å²) in [7, 11) is 6.10. The molecular weight excluding hydrogens is 1130 g/mol. The Balaban J connectivity index is 1.35. The molecule has 4 aliphatic rings. The van der Waals surface area contributed by atoms with Gasteiger partial charge in [0.2, 0.25) is 11.7 Å². The first-order chi connectivity index (χ1) is 41.4. The number of allylic oxidation sites excluding steroid dienone is 9. The fourth-order valence-corrected chi connectivity index (χ4v) is 11.2. The van der Waals surface area contributed by atoms with Crippen molar-refractivity contribution in [1.29, 1.82) is 0 Å². The number of aliphatic hydroxyl groups is 4. The smallest absolute Gasteiger partial charge is 0.328 e. The van der Waals surface area contributed by atoms with Crippen molar-refractivity contribution in [1.82, 2.24) is 5.32 Å². The number of ether oxygens (including phenoxy) is 12. The molecule has 4 saturated heterocycles. The molecule has 4 fully saturated rings. The maximum atomic E-state index is 14.9. The van der Waals surface area contributed by atoms with Gasteiger partial charge >= 0.3 is 11.9 Å². The third-order valence-electron chi connectivity index (χ3n) is 16.3. The van der Waals surface area contributed by atoms with Crippen molar-refractivity contribution in [2.75, 3.05) is 41.6 Å². The largest absolute Gasteiger partial charge is 0.478 e. The summed E-state index contributed by atoms with van der Waals surface area (Å²) in [5, 5.41) is 58.1. The summed E-state index contributed by atoms with van der Waals surface area (Å²) < 4.78 is 74.0. The predicted molar refractivity (Wildman–Crippen MR) is 319 cm³/mol. The number of carboxylic acids is 1. The van der Waals surface area contributed by atoms with Gasteiger partial charge in [-0.3, -0.25) is 14.4 Å². The molecule has 486 valence electrons. The number of carbonyl (C=O) groups excluding carboxylic acids is 3. The van der Waals surface area contributed by atoms with Crippen molar-refractivity contribution in [2.45, 2.75) is 204 Å². The van der Waals surface area contributed by atoms with Crippen molar-refractivity contribution in [3.63, 3.8) is 0 Å². The molecule has 20 atom stereocenters. The number of amides is 1. The summed E-state index contributed by atoms with van der Waals surface area (Å²) in [6, 6.07) is 8.79. The molecule has 4 aliphatic heterocycles. The van der Waals surface area contributed by atoms with Gasteiger partial charge in [-0.1, -0.05) is 124 Å². The number of aliphatic carboxylic acids is 1. The van der Waals surface area contributed by atoms with Gasteiger partial charge in [0.1, 0.15) is 36.1 Å². The second-order valence-corrected chi connectivity index (χ2v) is 23.1. The normalized spacial score (nSPS) is 33.1. The van der Waals surface area contributed by atoms with Gasteiger partial charge in [-0.25, -0.2) is 4.79 Å². The third kappa shape index (κ3) is 20.7. The SMILES string of the molecule is C/C=C\C=C\[C@@H]1O[C@](O)(C(CO[C@H]2C[C@H](OC)[C@H](O[C@@H]3C[C@@H](OC)[C@@H](O[C@H]4C[C@H](OC)[C@H](O)[C@H](C)O4)[C@H](C)O3)[C@H](C)O2)C(=O)NC/C=C/C=C(\C)C(OC)C(C)C(=O)CC(O)C/C=C/C=C/C=C/C(=O)O)[C@H](OC(=O)Cc2ccccc2)[C@H](O)C1(C)C. The van der Waals surface area contributed by atoms with Gasteiger partial charge in [-0.15, -0.1) is 0 Å². The first-order valence-electron chi connectivity index (χ1n) is 29.8. The lowest BCUT2D eigenvalue weighted by Gasteiger charge is -2.54. The lowest BCUT2D eigenvalue weighted by atomic mass is 9.71. The summed E-state index contributed by atoms with van der Waals surface area (Å²) in [6.45, 7) is 13.4. The molecule has 4 heterocycles. The Bertz CT molecular complexity index is 2530. The summed E-state index contributed by atoms with van der Waals surface area (Å²) in [6.07, 6.45) is 7.17. The number of methoxy groups -OCH3 is 4. The van der Waals surface area contributed by atoms with E-state index in [9.17, 15) is 39.6 Å². The molecule has 0 aliphatic carbocycles. The fraction of sp³-hybridized carbons (Fsp3) is 0.631. The van der Waals surface area contributed by atoms with E-state index in [0.29, 0.717) is 17.6 Å². The Hall–Kier alpha value is -5.12. The minimum atomic E-state index is -2.73. The lowest BCUT2D eigenvalue weighted by molar-refractivity contribution is -0.368. The minimum absolute atomic E-state index is 0.0816. The van der Waals surface area contributed by atoms with Crippen molar-refractivity contribution in [3.8, 4) is 0 Å². The fourth-order valence-electron chi connectivity index (χ4n) is 11.2. The molecule has 22 heteroatoms.